The van der Waals surface area contributed by atoms with Crippen LogP contribution in [0.15, 0.2) is 114 Å². The standard InChI is InChI=1S/C30H23FN2O3/c31-22-14-9-15-23(18-22)32-30(35)29-28(24-16-7-8-17-26(24)36-29)33-27(34)19-25(20-10-3-1-4-11-20)21-12-5-2-6-13-21/h1-18,25H,19H2,(H,32,35)(H,33,34). The molecule has 6 heteroatoms. The fraction of sp³-hybridized carbons (Fsp3) is 0.0667. The lowest BCUT2D eigenvalue weighted by Gasteiger charge is -2.18. The Kier molecular flexibility index (Phi) is 6.58. The molecule has 2 amide bonds. The van der Waals surface area contributed by atoms with Gasteiger partial charge in [-0.15, -0.1) is 0 Å². The predicted octanol–water partition coefficient (Wildman–Crippen LogP) is 6.98. The van der Waals surface area contributed by atoms with Crippen LogP contribution in [-0.4, -0.2) is 11.8 Å². The van der Waals surface area contributed by atoms with Gasteiger partial charge >= 0.3 is 0 Å². The second-order valence-electron chi connectivity index (χ2n) is 8.39. The molecule has 0 aliphatic heterocycles. The smallest absolute Gasteiger partial charge is 0.293 e. The topological polar surface area (TPSA) is 71.3 Å². The highest BCUT2D eigenvalue weighted by Crippen LogP contribution is 2.33. The highest BCUT2D eigenvalue weighted by Gasteiger charge is 2.24. The van der Waals surface area contributed by atoms with Crippen molar-refractivity contribution < 1.29 is 18.4 Å². The van der Waals surface area contributed by atoms with Gasteiger partial charge in [0.05, 0.1) is 0 Å². The number of fused-ring (bicyclic) bond motifs is 1. The Labute approximate surface area is 207 Å². The van der Waals surface area contributed by atoms with Crippen LogP contribution in [0.3, 0.4) is 0 Å². The van der Waals surface area contributed by atoms with Crippen molar-refractivity contribution in [3.05, 3.63) is 132 Å². The minimum Gasteiger partial charge on any atom is -0.449 e. The van der Waals surface area contributed by atoms with Crippen LogP contribution in [0, 0.1) is 5.82 Å². The number of hydrogen-bond donors (Lipinski definition) is 2. The zero-order chi connectivity index (χ0) is 24.9. The van der Waals surface area contributed by atoms with Gasteiger partial charge in [-0.2, -0.15) is 0 Å². The number of halogens is 1. The van der Waals surface area contributed by atoms with E-state index in [1.807, 2.05) is 60.7 Å². The van der Waals surface area contributed by atoms with Gasteiger partial charge in [0.1, 0.15) is 17.1 Å². The quantitative estimate of drug-likeness (QED) is 0.265. The number of amides is 2. The summed E-state index contributed by atoms with van der Waals surface area (Å²) in [7, 11) is 0. The van der Waals surface area contributed by atoms with Crippen LogP contribution < -0.4 is 10.6 Å². The Bertz CT molecular complexity index is 1470. The Morgan fingerprint density at radius 1 is 0.750 bits per heavy atom. The molecule has 0 spiro atoms. The van der Waals surface area contributed by atoms with Crippen molar-refractivity contribution >= 4 is 34.2 Å². The lowest BCUT2D eigenvalue weighted by molar-refractivity contribution is -0.116. The van der Waals surface area contributed by atoms with Crippen LogP contribution in [0.1, 0.15) is 34.0 Å². The maximum atomic E-state index is 13.6. The van der Waals surface area contributed by atoms with E-state index < -0.39 is 11.7 Å². The Hall–Kier alpha value is -4.71. The van der Waals surface area contributed by atoms with E-state index in [-0.39, 0.29) is 35.4 Å². The Balaban J connectivity index is 1.45. The maximum Gasteiger partial charge on any atom is 0.293 e. The van der Waals surface area contributed by atoms with Crippen molar-refractivity contribution in [2.45, 2.75) is 12.3 Å². The van der Waals surface area contributed by atoms with Crippen molar-refractivity contribution in [1.29, 1.82) is 0 Å². The van der Waals surface area contributed by atoms with Gasteiger partial charge < -0.3 is 15.1 Å². The molecule has 0 unspecified atom stereocenters. The maximum absolute atomic E-state index is 13.6. The molecule has 0 atom stereocenters. The van der Waals surface area contributed by atoms with E-state index >= 15 is 0 Å². The van der Waals surface area contributed by atoms with Gasteiger partial charge in [-0.1, -0.05) is 78.9 Å². The molecular formula is C30H23FN2O3. The van der Waals surface area contributed by atoms with E-state index in [2.05, 4.69) is 10.6 Å². The first-order valence-electron chi connectivity index (χ1n) is 11.6. The summed E-state index contributed by atoms with van der Waals surface area (Å²) in [5, 5.41) is 6.16. The first kappa shape index (κ1) is 23.1. The second-order valence-corrected chi connectivity index (χ2v) is 8.39. The van der Waals surface area contributed by atoms with Crippen LogP contribution >= 0.6 is 0 Å². The molecule has 4 aromatic carbocycles. The summed E-state index contributed by atoms with van der Waals surface area (Å²) in [5.41, 5.74) is 3.05. The summed E-state index contributed by atoms with van der Waals surface area (Å²) in [6.07, 6.45) is 0.165. The fourth-order valence-corrected chi connectivity index (χ4v) is 4.26. The van der Waals surface area contributed by atoms with Gasteiger partial charge in [0.2, 0.25) is 11.7 Å². The molecule has 0 aliphatic rings. The number of benzene rings is 4. The number of anilines is 2. The molecule has 5 nitrogen and oxygen atoms in total. The highest BCUT2D eigenvalue weighted by atomic mass is 19.1. The number of hydrogen-bond acceptors (Lipinski definition) is 3. The van der Waals surface area contributed by atoms with Crippen LogP contribution in [-0.2, 0) is 4.79 Å². The molecule has 1 heterocycles. The third-order valence-corrected chi connectivity index (χ3v) is 5.94. The summed E-state index contributed by atoms with van der Waals surface area (Å²) < 4.78 is 19.4. The van der Waals surface area contributed by atoms with Crippen molar-refractivity contribution in [3.63, 3.8) is 0 Å². The van der Waals surface area contributed by atoms with Crippen LogP contribution in [0.2, 0.25) is 0 Å². The SMILES string of the molecule is O=C(CC(c1ccccc1)c1ccccc1)Nc1c(C(=O)Nc2cccc(F)c2)oc2ccccc12. The van der Waals surface area contributed by atoms with Gasteiger partial charge in [0.15, 0.2) is 0 Å². The number of carbonyl (C=O) groups is 2. The lowest BCUT2D eigenvalue weighted by Crippen LogP contribution is -2.19. The van der Waals surface area contributed by atoms with Gasteiger partial charge in [0, 0.05) is 23.4 Å². The van der Waals surface area contributed by atoms with E-state index in [0.29, 0.717) is 11.0 Å². The molecule has 0 saturated carbocycles. The van der Waals surface area contributed by atoms with Gasteiger partial charge in [-0.25, -0.2) is 4.39 Å². The average Bonchev–Trinajstić information content (AvgIpc) is 3.27. The van der Waals surface area contributed by atoms with E-state index in [1.54, 1.807) is 30.3 Å². The Morgan fingerprint density at radius 3 is 2.06 bits per heavy atom. The van der Waals surface area contributed by atoms with Crippen molar-refractivity contribution in [2.75, 3.05) is 10.6 Å². The molecule has 0 saturated heterocycles. The molecule has 1 aromatic heterocycles. The summed E-state index contributed by atoms with van der Waals surface area (Å²) in [6.45, 7) is 0. The monoisotopic (exact) mass is 478 g/mol. The number of furan rings is 1. The summed E-state index contributed by atoms with van der Waals surface area (Å²) >= 11 is 0. The van der Waals surface area contributed by atoms with Crippen molar-refractivity contribution in [2.24, 2.45) is 0 Å². The fourth-order valence-electron chi connectivity index (χ4n) is 4.26. The molecule has 5 rings (SSSR count). The predicted molar refractivity (Wildman–Crippen MR) is 139 cm³/mol. The van der Waals surface area contributed by atoms with Crippen LogP contribution in [0.25, 0.3) is 11.0 Å². The first-order chi connectivity index (χ1) is 17.6. The highest BCUT2D eigenvalue weighted by molar-refractivity contribution is 6.14. The number of carbonyl (C=O) groups excluding carboxylic acids is 2. The summed E-state index contributed by atoms with van der Waals surface area (Å²) in [5.74, 6) is -1.55. The average molecular weight is 479 g/mol. The zero-order valence-corrected chi connectivity index (χ0v) is 19.3. The van der Waals surface area contributed by atoms with E-state index in [0.717, 1.165) is 11.1 Å². The third-order valence-electron chi connectivity index (χ3n) is 5.94. The second kappa shape index (κ2) is 10.3. The number of nitrogens with one attached hydrogen (secondary N) is 2. The van der Waals surface area contributed by atoms with E-state index in [4.69, 9.17) is 4.42 Å². The minimum absolute atomic E-state index is 0.0511. The molecule has 5 aromatic rings. The van der Waals surface area contributed by atoms with E-state index in [1.165, 1.54) is 18.2 Å². The summed E-state index contributed by atoms with van der Waals surface area (Å²) in [4.78, 5) is 26.4. The van der Waals surface area contributed by atoms with Crippen molar-refractivity contribution in [3.8, 4) is 0 Å². The molecule has 36 heavy (non-hydrogen) atoms. The largest absolute Gasteiger partial charge is 0.449 e. The van der Waals surface area contributed by atoms with Crippen LogP contribution in [0.5, 0.6) is 0 Å². The zero-order valence-electron chi connectivity index (χ0n) is 19.3. The van der Waals surface area contributed by atoms with Crippen LogP contribution in [0.4, 0.5) is 15.8 Å². The Morgan fingerprint density at radius 2 is 1.39 bits per heavy atom. The van der Waals surface area contributed by atoms with Crippen molar-refractivity contribution in [1.82, 2.24) is 0 Å². The third kappa shape index (κ3) is 5.03. The molecule has 0 fully saturated rings. The number of rotatable bonds is 7. The van der Waals surface area contributed by atoms with Gasteiger partial charge in [0.25, 0.3) is 5.91 Å². The molecular weight excluding hydrogens is 455 g/mol. The normalized spacial score (nSPS) is 10.9. The summed E-state index contributed by atoms with van der Waals surface area (Å²) in [6, 6.07) is 32.3. The lowest BCUT2D eigenvalue weighted by atomic mass is 9.88. The van der Waals surface area contributed by atoms with Gasteiger partial charge in [-0.3, -0.25) is 9.59 Å². The molecule has 178 valence electrons. The minimum atomic E-state index is -0.588. The van der Waals surface area contributed by atoms with Gasteiger partial charge in [-0.05, 0) is 41.5 Å². The number of para-hydroxylation sites is 1. The van der Waals surface area contributed by atoms with E-state index in [9.17, 15) is 14.0 Å². The molecule has 0 bridgehead atoms. The molecule has 0 aliphatic carbocycles. The molecule has 0 radical (unpaired) electrons. The first-order valence-corrected chi connectivity index (χ1v) is 11.6. The molecule has 2 N–H and O–H groups in total.